The number of rotatable bonds is 5. The van der Waals surface area contributed by atoms with E-state index in [1.807, 2.05) is 13.1 Å². The first kappa shape index (κ1) is 13.4. The first-order valence-electron chi connectivity index (χ1n) is 5.82. The lowest BCUT2D eigenvalue weighted by atomic mass is 10.1. The van der Waals surface area contributed by atoms with E-state index < -0.39 is 5.91 Å². The molecule has 4 N–H and O–H groups in total. The van der Waals surface area contributed by atoms with Crippen LogP contribution in [0.3, 0.4) is 0 Å². The van der Waals surface area contributed by atoms with E-state index in [-0.39, 0.29) is 0 Å². The van der Waals surface area contributed by atoms with Gasteiger partial charge in [0.05, 0.1) is 5.56 Å². The molecule has 0 spiro atoms. The molecule has 17 heavy (non-hydrogen) atoms. The summed E-state index contributed by atoms with van der Waals surface area (Å²) >= 11 is 0. The Kier molecular flexibility index (Phi) is 4.37. The number of nitrogens with two attached hydrogens (primary N) is 2. The van der Waals surface area contributed by atoms with Crippen LogP contribution in [0.15, 0.2) is 18.2 Å². The highest BCUT2D eigenvalue weighted by molar-refractivity contribution is 5.99. The number of anilines is 2. The summed E-state index contributed by atoms with van der Waals surface area (Å²) in [7, 11) is 2.00. The molecule has 0 aliphatic rings. The number of nitrogens with zero attached hydrogens (tertiary/aromatic N) is 1. The third-order valence-electron chi connectivity index (χ3n) is 2.78. The van der Waals surface area contributed by atoms with Crippen molar-refractivity contribution < 1.29 is 4.79 Å². The number of hydrogen-bond acceptors (Lipinski definition) is 3. The molecule has 0 aliphatic carbocycles. The van der Waals surface area contributed by atoms with Gasteiger partial charge in [-0.15, -0.1) is 0 Å². The number of benzene rings is 1. The van der Waals surface area contributed by atoms with Gasteiger partial charge in [0.25, 0.3) is 5.91 Å². The third kappa shape index (κ3) is 3.66. The fourth-order valence-corrected chi connectivity index (χ4v) is 1.58. The van der Waals surface area contributed by atoms with Crippen LogP contribution >= 0.6 is 0 Å². The Morgan fingerprint density at radius 2 is 2.06 bits per heavy atom. The van der Waals surface area contributed by atoms with Gasteiger partial charge in [-0.05, 0) is 30.5 Å². The zero-order valence-electron chi connectivity index (χ0n) is 10.7. The summed E-state index contributed by atoms with van der Waals surface area (Å²) < 4.78 is 0. The van der Waals surface area contributed by atoms with Crippen molar-refractivity contribution in [2.24, 2.45) is 11.7 Å². The zero-order valence-corrected chi connectivity index (χ0v) is 10.7. The van der Waals surface area contributed by atoms with Gasteiger partial charge >= 0.3 is 0 Å². The second-order valence-electron chi connectivity index (χ2n) is 4.74. The minimum Gasteiger partial charge on any atom is -0.398 e. The van der Waals surface area contributed by atoms with Crippen LogP contribution in [-0.2, 0) is 0 Å². The van der Waals surface area contributed by atoms with E-state index in [1.54, 1.807) is 12.1 Å². The minimum atomic E-state index is -0.485. The van der Waals surface area contributed by atoms with Gasteiger partial charge in [0.15, 0.2) is 0 Å². The zero-order chi connectivity index (χ0) is 13.0. The lowest BCUT2D eigenvalue weighted by Crippen LogP contribution is -2.21. The molecule has 0 radical (unpaired) electrons. The van der Waals surface area contributed by atoms with Crippen LogP contribution in [0.4, 0.5) is 11.4 Å². The van der Waals surface area contributed by atoms with Gasteiger partial charge in [0.2, 0.25) is 0 Å². The van der Waals surface area contributed by atoms with Crippen molar-refractivity contribution >= 4 is 17.3 Å². The number of primary amides is 1. The molecule has 4 heteroatoms. The maximum absolute atomic E-state index is 11.2. The fourth-order valence-electron chi connectivity index (χ4n) is 1.58. The molecule has 0 bridgehead atoms. The van der Waals surface area contributed by atoms with Crippen LogP contribution in [0.5, 0.6) is 0 Å². The van der Waals surface area contributed by atoms with Crippen LogP contribution in [0, 0.1) is 5.92 Å². The Labute approximate surface area is 103 Å². The molecule has 0 heterocycles. The van der Waals surface area contributed by atoms with Crippen molar-refractivity contribution in [2.75, 3.05) is 24.2 Å². The van der Waals surface area contributed by atoms with E-state index in [2.05, 4.69) is 18.7 Å². The molecular weight excluding hydrogens is 214 g/mol. The number of carbonyl (C=O) groups is 1. The van der Waals surface area contributed by atoms with E-state index in [9.17, 15) is 4.79 Å². The van der Waals surface area contributed by atoms with Crippen LogP contribution in [0.2, 0.25) is 0 Å². The van der Waals surface area contributed by atoms with E-state index in [1.165, 1.54) is 0 Å². The summed E-state index contributed by atoms with van der Waals surface area (Å²) in [6, 6.07) is 5.38. The average Bonchev–Trinajstić information content (AvgIpc) is 2.26. The lowest BCUT2D eigenvalue weighted by Gasteiger charge is -2.21. The van der Waals surface area contributed by atoms with Crippen molar-refractivity contribution in [3.05, 3.63) is 23.8 Å². The van der Waals surface area contributed by atoms with Gasteiger partial charge in [-0.25, -0.2) is 0 Å². The number of carbonyl (C=O) groups excluding carboxylic acids is 1. The van der Waals surface area contributed by atoms with Gasteiger partial charge in [0, 0.05) is 25.0 Å². The predicted octanol–water partition coefficient (Wildman–Crippen LogP) is 1.85. The van der Waals surface area contributed by atoms with Crippen molar-refractivity contribution in [1.29, 1.82) is 0 Å². The van der Waals surface area contributed by atoms with Gasteiger partial charge in [0.1, 0.15) is 0 Å². The normalized spacial score (nSPS) is 10.6. The second-order valence-corrected chi connectivity index (χ2v) is 4.74. The van der Waals surface area contributed by atoms with Crippen molar-refractivity contribution in [1.82, 2.24) is 0 Å². The van der Waals surface area contributed by atoms with E-state index in [4.69, 9.17) is 11.5 Å². The molecule has 0 fully saturated rings. The monoisotopic (exact) mass is 235 g/mol. The molecule has 94 valence electrons. The molecule has 1 aromatic rings. The Balaban J connectivity index is 2.84. The molecule has 1 aromatic carbocycles. The molecule has 0 aromatic heterocycles. The van der Waals surface area contributed by atoms with Gasteiger partial charge < -0.3 is 16.4 Å². The predicted molar refractivity (Wildman–Crippen MR) is 72.1 cm³/mol. The Morgan fingerprint density at radius 3 is 2.59 bits per heavy atom. The van der Waals surface area contributed by atoms with Crippen molar-refractivity contribution in [3.63, 3.8) is 0 Å². The van der Waals surface area contributed by atoms with E-state index in [0.717, 1.165) is 18.7 Å². The van der Waals surface area contributed by atoms with Crippen LogP contribution in [0.25, 0.3) is 0 Å². The van der Waals surface area contributed by atoms with Crippen LogP contribution < -0.4 is 16.4 Å². The number of nitrogen functional groups attached to an aromatic ring is 1. The molecule has 1 amide bonds. The molecule has 0 saturated carbocycles. The van der Waals surface area contributed by atoms with Gasteiger partial charge in [-0.3, -0.25) is 4.79 Å². The van der Waals surface area contributed by atoms with Gasteiger partial charge in [-0.2, -0.15) is 0 Å². The highest BCUT2D eigenvalue weighted by Gasteiger charge is 2.09. The van der Waals surface area contributed by atoms with Crippen molar-refractivity contribution in [3.8, 4) is 0 Å². The topological polar surface area (TPSA) is 72.3 Å². The molecule has 0 aliphatic heterocycles. The second kappa shape index (κ2) is 5.57. The maximum atomic E-state index is 11.2. The van der Waals surface area contributed by atoms with Crippen LogP contribution in [0.1, 0.15) is 30.6 Å². The minimum absolute atomic E-state index is 0.388. The summed E-state index contributed by atoms with van der Waals surface area (Å²) in [5, 5.41) is 0. The Bertz CT molecular complexity index is 402. The number of amides is 1. The molecule has 1 rings (SSSR count). The summed E-state index contributed by atoms with van der Waals surface area (Å²) in [6.07, 6.45) is 1.10. The molecule has 0 atom stereocenters. The first-order valence-corrected chi connectivity index (χ1v) is 5.82. The van der Waals surface area contributed by atoms with E-state index >= 15 is 0 Å². The summed E-state index contributed by atoms with van der Waals surface area (Å²) in [5.74, 6) is 0.170. The smallest absolute Gasteiger partial charge is 0.250 e. The lowest BCUT2D eigenvalue weighted by molar-refractivity contribution is 0.100. The standard InChI is InChI=1S/C13H21N3O/c1-9(2)6-7-16(3)10-4-5-12(14)11(8-10)13(15)17/h4-5,8-9H,6-7,14H2,1-3H3,(H2,15,17). The molecular formula is C13H21N3O. The summed E-state index contributed by atoms with van der Waals surface area (Å²) in [4.78, 5) is 13.3. The average molecular weight is 235 g/mol. The third-order valence-corrected chi connectivity index (χ3v) is 2.78. The van der Waals surface area contributed by atoms with Crippen molar-refractivity contribution in [2.45, 2.75) is 20.3 Å². The summed E-state index contributed by atoms with van der Waals surface area (Å²) in [5.41, 5.74) is 12.7. The number of hydrogen-bond donors (Lipinski definition) is 2. The Morgan fingerprint density at radius 1 is 1.41 bits per heavy atom. The van der Waals surface area contributed by atoms with Crippen LogP contribution in [-0.4, -0.2) is 19.5 Å². The highest BCUT2D eigenvalue weighted by Crippen LogP contribution is 2.20. The largest absolute Gasteiger partial charge is 0.398 e. The molecule has 0 unspecified atom stereocenters. The maximum Gasteiger partial charge on any atom is 0.250 e. The van der Waals surface area contributed by atoms with E-state index in [0.29, 0.717) is 17.2 Å². The van der Waals surface area contributed by atoms with Gasteiger partial charge in [-0.1, -0.05) is 13.8 Å². The SMILES string of the molecule is CC(C)CCN(C)c1ccc(N)c(C(N)=O)c1. The Hall–Kier alpha value is -1.71. The molecule has 0 saturated heterocycles. The highest BCUT2D eigenvalue weighted by atomic mass is 16.1. The molecule has 4 nitrogen and oxygen atoms in total. The summed E-state index contributed by atoms with van der Waals surface area (Å²) in [6.45, 7) is 5.32. The fraction of sp³-hybridized carbons (Fsp3) is 0.462. The quantitative estimate of drug-likeness (QED) is 0.765. The first-order chi connectivity index (χ1) is 7.91.